The molecule has 2 aliphatic rings. The van der Waals surface area contributed by atoms with Crippen LogP contribution in [0.4, 0.5) is 5.69 Å². The van der Waals surface area contributed by atoms with Crippen molar-refractivity contribution in [2.24, 2.45) is 0 Å². The lowest BCUT2D eigenvalue weighted by Crippen LogP contribution is -2.41. The van der Waals surface area contributed by atoms with Crippen LogP contribution in [0.3, 0.4) is 0 Å². The number of carbonyl (C=O) groups excluding carboxylic acids is 1. The first kappa shape index (κ1) is 12.3. The van der Waals surface area contributed by atoms with E-state index in [1.54, 1.807) is 0 Å². The summed E-state index contributed by atoms with van der Waals surface area (Å²) in [5.74, 6) is 2.00. The number of rotatable bonds is 1. The number of nitrogens with zero attached hydrogens (tertiary/aromatic N) is 1. The Morgan fingerprint density at radius 3 is 2.79 bits per heavy atom. The van der Waals surface area contributed by atoms with Gasteiger partial charge in [0.1, 0.15) is 5.78 Å². The Bertz CT molecular complexity index is 486. The van der Waals surface area contributed by atoms with E-state index in [9.17, 15) is 4.79 Å². The summed E-state index contributed by atoms with van der Waals surface area (Å²) in [4.78, 5) is 13.7. The molecule has 19 heavy (non-hydrogen) atoms. The number of carbonyl (C=O) groups is 1. The number of anilines is 1. The van der Waals surface area contributed by atoms with Crippen molar-refractivity contribution >= 4 is 11.5 Å². The molecule has 2 heterocycles. The van der Waals surface area contributed by atoms with Gasteiger partial charge in [0, 0.05) is 43.6 Å². The Labute approximate surface area is 113 Å². The van der Waals surface area contributed by atoms with Crippen LogP contribution in [0, 0.1) is 0 Å². The largest absolute Gasteiger partial charge is 0.490 e. The smallest absolute Gasteiger partial charge is 0.163 e. The fraction of sp³-hybridized carbons (Fsp3) is 0.533. The van der Waals surface area contributed by atoms with Gasteiger partial charge in [-0.25, -0.2) is 0 Å². The Hall–Kier alpha value is -1.71. The molecule has 0 bridgehead atoms. The molecule has 1 unspecified atom stereocenters. The Balaban J connectivity index is 1.85. The van der Waals surface area contributed by atoms with Gasteiger partial charge in [0.15, 0.2) is 11.5 Å². The van der Waals surface area contributed by atoms with Crippen molar-refractivity contribution in [3.8, 4) is 11.5 Å². The first-order valence-electron chi connectivity index (χ1n) is 6.92. The van der Waals surface area contributed by atoms with Crippen LogP contribution < -0.4 is 14.4 Å². The zero-order valence-electron chi connectivity index (χ0n) is 11.2. The lowest BCUT2D eigenvalue weighted by molar-refractivity contribution is -0.120. The van der Waals surface area contributed by atoms with E-state index < -0.39 is 0 Å². The van der Waals surface area contributed by atoms with Gasteiger partial charge in [0.25, 0.3) is 0 Å². The van der Waals surface area contributed by atoms with Gasteiger partial charge in [0.2, 0.25) is 0 Å². The van der Waals surface area contributed by atoms with Gasteiger partial charge in [-0.1, -0.05) is 0 Å². The maximum Gasteiger partial charge on any atom is 0.163 e. The van der Waals surface area contributed by atoms with Crippen molar-refractivity contribution in [2.75, 3.05) is 24.7 Å². The summed E-state index contributed by atoms with van der Waals surface area (Å²) >= 11 is 0. The molecule has 4 heteroatoms. The van der Waals surface area contributed by atoms with Crippen LogP contribution in [0.1, 0.15) is 26.2 Å². The maximum absolute atomic E-state index is 11.5. The number of ether oxygens (including phenoxy) is 2. The molecule has 3 rings (SSSR count). The third-order valence-electron chi connectivity index (χ3n) is 3.75. The molecule has 0 N–H and O–H groups in total. The van der Waals surface area contributed by atoms with Crippen LogP contribution in [0.2, 0.25) is 0 Å². The van der Waals surface area contributed by atoms with Crippen LogP contribution in [-0.4, -0.2) is 31.6 Å². The number of ketones is 1. The molecule has 2 aliphatic heterocycles. The highest BCUT2D eigenvalue weighted by Crippen LogP contribution is 2.35. The monoisotopic (exact) mass is 261 g/mol. The fourth-order valence-electron chi connectivity index (χ4n) is 2.72. The Morgan fingerprint density at radius 2 is 2.00 bits per heavy atom. The number of hydrogen-bond acceptors (Lipinski definition) is 4. The molecule has 1 aromatic carbocycles. The van der Waals surface area contributed by atoms with E-state index in [-0.39, 0.29) is 6.04 Å². The molecule has 0 saturated carbocycles. The molecule has 4 nitrogen and oxygen atoms in total. The van der Waals surface area contributed by atoms with Crippen molar-refractivity contribution in [1.82, 2.24) is 0 Å². The van der Waals surface area contributed by atoms with Crippen LogP contribution in [-0.2, 0) is 4.79 Å². The molecule has 0 aromatic heterocycles. The average molecular weight is 261 g/mol. The minimum atomic E-state index is 0.256. The van der Waals surface area contributed by atoms with E-state index in [0.29, 0.717) is 31.8 Å². The zero-order chi connectivity index (χ0) is 13.2. The van der Waals surface area contributed by atoms with Crippen molar-refractivity contribution in [2.45, 2.75) is 32.2 Å². The lowest BCUT2D eigenvalue weighted by Gasteiger charge is -2.34. The molecule has 1 atom stereocenters. The van der Waals surface area contributed by atoms with E-state index in [2.05, 4.69) is 17.9 Å². The van der Waals surface area contributed by atoms with Crippen LogP contribution >= 0.6 is 0 Å². The third-order valence-corrected chi connectivity index (χ3v) is 3.75. The number of fused-ring (bicyclic) bond motifs is 1. The molecule has 1 fully saturated rings. The van der Waals surface area contributed by atoms with Gasteiger partial charge in [-0.2, -0.15) is 0 Å². The van der Waals surface area contributed by atoms with Gasteiger partial charge in [-0.15, -0.1) is 0 Å². The van der Waals surface area contributed by atoms with Crippen molar-refractivity contribution < 1.29 is 14.3 Å². The highest BCUT2D eigenvalue weighted by atomic mass is 16.5. The molecular weight excluding hydrogens is 242 g/mol. The molecule has 102 valence electrons. The Kier molecular flexibility index (Phi) is 3.32. The second-order valence-electron chi connectivity index (χ2n) is 5.22. The number of Topliss-reactive ketones (excluding diaryl/α,β-unsaturated/α-hetero) is 1. The minimum Gasteiger partial charge on any atom is -0.490 e. The number of hydrogen-bond donors (Lipinski definition) is 0. The van der Waals surface area contributed by atoms with E-state index in [4.69, 9.17) is 9.47 Å². The van der Waals surface area contributed by atoms with Gasteiger partial charge < -0.3 is 14.4 Å². The summed E-state index contributed by atoms with van der Waals surface area (Å²) in [7, 11) is 0. The van der Waals surface area contributed by atoms with Crippen LogP contribution in [0.5, 0.6) is 11.5 Å². The summed E-state index contributed by atoms with van der Waals surface area (Å²) in [5.41, 5.74) is 1.12. The van der Waals surface area contributed by atoms with Gasteiger partial charge in [-0.3, -0.25) is 4.79 Å². The molecule has 0 amide bonds. The first-order valence-corrected chi connectivity index (χ1v) is 6.92. The quantitative estimate of drug-likeness (QED) is 0.778. The summed E-state index contributed by atoms with van der Waals surface area (Å²) in [6, 6.07) is 6.32. The van der Waals surface area contributed by atoms with Gasteiger partial charge >= 0.3 is 0 Å². The summed E-state index contributed by atoms with van der Waals surface area (Å²) in [6.07, 6.45) is 2.19. The second-order valence-corrected chi connectivity index (χ2v) is 5.22. The Morgan fingerprint density at radius 1 is 1.21 bits per heavy atom. The average Bonchev–Trinajstić information content (AvgIpc) is 2.63. The van der Waals surface area contributed by atoms with E-state index in [1.807, 2.05) is 12.1 Å². The summed E-state index contributed by atoms with van der Waals surface area (Å²) in [6.45, 7) is 4.30. The van der Waals surface area contributed by atoms with Crippen LogP contribution in [0.25, 0.3) is 0 Å². The number of benzene rings is 1. The van der Waals surface area contributed by atoms with Gasteiger partial charge in [-0.05, 0) is 19.1 Å². The summed E-state index contributed by atoms with van der Waals surface area (Å²) in [5, 5.41) is 0. The SMILES string of the molecule is CC1CC(=O)CCN1c1ccc2c(c1)OCCCO2. The molecule has 0 spiro atoms. The van der Waals surface area contributed by atoms with E-state index >= 15 is 0 Å². The highest BCUT2D eigenvalue weighted by molar-refractivity contribution is 5.81. The number of piperidine rings is 1. The van der Waals surface area contributed by atoms with Crippen molar-refractivity contribution in [1.29, 1.82) is 0 Å². The van der Waals surface area contributed by atoms with Gasteiger partial charge in [0.05, 0.1) is 13.2 Å². The molecular formula is C15H19NO3. The standard InChI is InChI=1S/C15H19NO3/c1-11-9-13(17)5-6-16(11)12-3-4-14-15(10-12)19-8-2-7-18-14/h3-4,10-11H,2,5-9H2,1H3. The van der Waals surface area contributed by atoms with Crippen molar-refractivity contribution in [3.05, 3.63) is 18.2 Å². The van der Waals surface area contributed by atoms with E-state index in [0.717, 1.165) is 30.2 Å². The van der Waals surface area contributed by atoms with Crippen molar-refractivity contribution in [3.63, 3.8) is 0 Å². The second kappa shape index (κ2) is 5.11. The predicted octanol–water partition coefficient (Wildman–Crippen LogP) is 2.41. The molecule has 0 radical (unpaired) electrons. The normalized spacial score (nSPS) is 23.1. The maximum atomic E-state index is 11.5. The topological polar surface area (TPSA) is 38.8 Å². The zero-order valence-corrected chi connectivity index (χ0v) is 11.2. The molecule has 1 saturated heterocycles. The first-order chi connectivity index (χ1) is 9.24. The highest BCUT2D eigenvalue weighted by Gasteiger charge is 2.24. The predicted molar refractivity (Wildman–Crippen MR) is 73.1 cm³/mol. The summed E-state index contributed by atoms with van der Waals surface area (Å²) < 4.78 is 11.4. The minimum absolute atomic E-state index is 0.256. The van der Waals surface area contributed by atoms with Crippen LogP contribution in [0.15, 0.2) is 18.2 Å². The third kappa shape index (κ3) is 2.53. The fourth-order valence-corrected chi connectivity index (χ4v) is 2.72. The lowest BCUT2D eigenvalue weighted by atomic mass is 10.0. The molecule has 0 aliphatic carbocycles. The van der Waals surface area contributed by atoms with E-state index in [1.165, 1.54) is 0 Å². The molecule has 1 aromatic rings.